The van der Waals surface area contributed by atoms with Gasteiger partial charge in [-0.1, -0.05) is 0 Å². The van der Waals surface area contributed by atoms with Crippen LogP contribution in [0.25, 0.3) is 0 Å². The van der Waals surface area contributed by atoms with Gasteiger partial charge in [0, 0.05) is 6.04 Å². The van der Waals surface area contributed by atoms with Gasteiger partial charge in [-0.05, 0) is 32.9 Å². The van der Waals surface area contributed by atoms with Gasteiger partial charge in [-0.25, -0.2) is 0 Å². The molecule has 0 aromatic heterocycles. The van der Waals surface area contributed by atoms with Crippen LogP contribution in [-0.4, -0.2) is 24.5 Å². The standard InChI is InChI=1S/C8H12N2/c1-10-5-2-7(10)8(6-9)3-4-8/h7H,2-5H2,1H3. The van der Waals surface area contributed by atoms with Gasteiger partial charge in [0.25, 0.3) is 0 Å². The fourth-order valence-corrected chi connectivity index (χ4v) is 1.87. The molecule has 0 aromatic carbocycles. The van der Waals surface area contributed by atoms with Crippen LogP contribution in [0.15, 0.2) is 0 Å². The summed E-state index contributed by atoms with van der Waals surface area (Å²) in [5, 5.41) is 8.83. The fourth-order valence-electron chi connectivity index (χ4n) is 1.87. The van der Waals surface area contributed by atoms with Crippen molar-refractivity contribution in [2.45, 2.75) is 25.3 Å². The summed E-state index contributed by atoms with van der Waals surface area (Å²) in [5.41, 5.74) is 0.0903. The Balaban J connectivity index is 2.06. The summed E-state index contributed by atoms with van der Waals surface area (Å²) in [6.07, 6.45) is 3.51. The predicted molar refractivity (Wildman–Crippen MR) is 38.3 cm³/mol. The second kappa shape index (κ2) is 1.73. The summed E-state index contributed by atoms with van der Waals surface area (Å²) in [7, 11) is 2.12. The van der Waals surface area contributed by atoms with E-state index in [1.54, 1.807) is 0 Å². The first-order valence-corrected chi connectivity index (χ1v) is 3.90. The van der Waals surface area contributed by atoms with E-state index in [1.807, 2.05) is 0 Å². The highest BCUT2D eigenvalue weighted by Gasteiger charge is 2.54. The molecule has 54 valence electrons. The molecule has 2 fully saturated rings. The van der Waals surface area contributed by atoms with Gasteiger partial charge in [0.2, 0.25) is 0 Å². The van der Waals surface area contributed by atoms with E-state index < -0.39 is 0 Å². The molecule has 2 nitrogen and oxygen atoms in total. The first kappa shape index (κ1) is 6.18. The van der Waals surface area contributed by atoms with Crippen molar-refractivity contribution in [1.82, 2.24) is 4.90 Å². The van der Waals surface area contributed by atoms with Gasteiger partial charge in [-0.3, -0.25) is 0 Å². The summed E-state index contributed by atoms with van der Waals surface area (Å²) >= 11 is 0. The number of likely N-dealkylation sites (tertiary alicyclic amines) is 1. The Bertz CT molecular complexity index is 188. The average molecular weight is 136 g/mol. The second-order valence-corrected chi connectivity index (χ2v) is 3.55. The molecule has 0 N–H and O–H groups in total. The van der Waals surface area contributed by atoms with E-state index in [1.165, 1.54) is 13.0 Å². The Kier molecular flexibility index (Phi) is 1.07. The first-order valence-electron chi connectivity index (χ1n) is 3.90. The van der Waals surface area contributed by atoms with Crippen LogP contribution in [0.1, 0.15) is 19.3 Å². The Morgan fingerprint density at radius 1 is 1.60 bits per heavy atom. The van der Waals surface area contributed by atoms with Crippen molar-refractivity contribution < 1.29 is 0 Å². The van der Waals surface area contributed by atoms with Crippen LogP contribution < -0.4 is 0 Å². The average Bonchev–Trinajstić information content (AvgIpc) is 2.67. The van der Waals surface area contributed by atoms with Crippen LogP contribution in [0.2, 0.25) is 0 Å². The molecule has 0 radical (unpaired) electrons. The highest BCUT2D eigenvalue weighted by atomic mass is 15.2. The molecule has 0 spiro atoms. The van der Waals surface area contributed by atoms with Gasteiger partial charge < -0.3 is 4.90 Å². The van der Waals surface area contributed by atoms with Crippen LogP contribution in [-0.2, 0) is 0 Å². The maximum Gasteiger partial charge on any atom is 0.0730 e. The Morgan fingerprint density at radius 3 is 2.40 bits per heavy atom. The van der Waals surface area contributed by atoms with E-state index >= 15 is 0 Å². The lowest BCUT2D eigenvalue weighted by atomic mass is 9.88. The van der Waals surface area contributed by atoms with Crippen molar-refractivity contribution in [3.05, 3.63) is 0 Å². The van der Waals surface area contributed by atoms with Gasteiger partial charge in [0.1, 0.15) is 0 Å². The highest BCUT2D eigenvalue weighted by Crippen LogP contribution is 2.52. The van der Waals surface area contributed by atoms with Gasteiger partial charge in [0.05, 0.1) is 11.5 Å². The van der Waals surface area contributed by atoms with E-state index in [4.69, 9.17) is 5.26 Å². The van der Waals surface area contributed by atoms with Crippen LogP contribution >= 0.6 is 0 Å². The molecular formula is C8H12N2. The molecule has 1 aliphatic heterocycles. The molecule has 1 aliphatic carbocycles. The van der Waals surface area contributed by atoms with Gasteiger partial charge >= 0.3 is 0 Å². The van der Waals surface area contributed by atoms with E-state index in [9.17, 15) is 0 Å². The Morgan fingerprint density at radius 2 is 2.30 bits per heavy atom. The number of nitriles is 1. The SMILES string of the molecule is CN1CCC1C1(C#N)CC1. The highest BCUT2D eigenvalue weighted by molar-refractivity contribution is 5.18. The molecule has 0 amide bonds. The zero-order chi connectivity index (χ0) is 7.19. The number of hydrogen-bond acceptors (Lipinski definition) is 2. The molecule has 1 atom stereocenters. The van der Waals surface area contributed by atoms with Crippen molar-refractivity contribution in [1.29, 1.82) is 5.26 Å². The largest absolute Gasteiger partial charge is 0.302 e. The smallest absolute Gasteiger partial charge is 0.0730 e. The predicted octanol–water partition coefficient (Wildman–Crippen LogP) is 0.994. The van der Waals surface area contributed by atoms with Crippen molar-refractivity contribution in [2.75, 3.05) is 13.6 Å². The van der Waals surface area contributed by atoms with Gasteiger partial charge in [-0.2, -0.15) is 5.26 Å². The Labute approximate surface area is 61.4 Å². The normalized spacial score (nSPS) is 36.2. The zero-order valence-electron chi connectivity index (χ0n) is 6.30. The van der Waals surface area contributed by atoms with Crippen molar-refractivity contribution in [2.24, 2.45) is 5.41 Å². The van der Waals surface area contributed by atoms with Crippen LogP contribution in [0.4, 0.5) is 0 Å². The van der Waals surface area contributed by atoms with Crippen LogP contribution in [0.3, 0.4) is 0 Å². The van der Waals surface area contributed by atoms with Crippen LogP contribution in [0.5, 0.6) is 0 Å². The first-order chi connectivity index (χ1) is 4.78. The zero-order valence-corrected chi connectivity index (χ0v) is 6.30. The number of nitrogens with zero attached hydrogens (tertiary/aromatic N) is 2. The second-order valence-electron chi connectivity index (χ2n) is 3.55. The third-order valence-corrected chi connectivity index (χ3v) is 2.94. The molecule has 1 saturated carbocycles. The molecule has 1 heterocycles. The van der Waals surface area contributed by atoms with E-state index in [-0.39, 0.29) is 5.41 Å². The number of hydrogen-bond donors (Lipinski definition) is 0. The lowest BCUT2D eigenvalue weighted by Gasteiger charge is -2.40. The maximum atomic E-state index is 8.83. The van der Waals surface area contributed by atoms with Crippen molar-refractivity contribution in [3.8, 4) is 6.07 Å². The minimum Gasteiger partial charge on any atom is -0.302 e. The monoisotopic (exact) mass is 136 g/mol. The van der Waals surface area contributed by atoms with Crippen molar-refractivity contribution in [3.63, 3.8) is 0 Å². The third-order valence-electron chi connectivity index (χ3n) is 2.94. The topological polar surface area (TPSA) is 27.0 Å². The molecular weight excluding hydrogens is 124 g/mol. The fraction of sp³-hybridized carbons (Fsp3) is 0.875. The van der Waals surface area contributed by atoms with Gasteiger partial charge in [-0.15, -0.1) is 0 Å². The number of rotatable bonds is 1. The van der Waals surface area contributed by atoms with E-state index in [0.29, 0.717) is 6.04 Å². The lowest BCUT2D eigenvalue weighted by Crippen LogP contribution is -2.49. The summed E-state index contributed by atoms with van der Waals surface area (Å²) < 4.78 is 0. The molecule has 0 aromatic rings. The quantitative estimate of drug-likeness (QED) is 0.537. The molecule has 2 heteroatoms. The summed E-state index contributed by atoms with van der Waals surface area (Å²) in [5.74, 6) is 0. The maximum absolute atomic E-state index is 8.83. The summed E-state index contributed by atoms with van der Waals surface area (Å²) in [6, 6.07) is 3.04. The molecule has 10 heavy (non-hydrogen) atoms. The molecule has 1 saturated heterocycles. The van der Waals surface area contributed by atoms with Crippen LogP contribution in [0, 0.1) is 16.7 Å². The molecule has 1 unspecified atom stereocenters. The summed E-state index contributed by atoms with van der Waals surface area (Å²) in [4.78, 5) is 2.30. The molecule has 2 rings (SSSR count). The minimum absolute atomic E-state index is 0.0903. The lowest BCUT2D eigenvalue weighted by molar-refractivity contribution is 0.0832. The van der Waals surface area contributed by atoms with Crippen molar-refractivity contribution >= 4 is 0 Å². The third kappa shape index (κ3) is 0.615. The van der Waals surface area contributed by atoms with E-state index in [0.717, 1.165) is 12.8 Å². The van der Waals surface area contributed by atoms with Gasteiger partial charge in [0.15, 0.2) is 0 Å². The van der Waals surface area contributed by atoms with E-state index in [2.05, 4.69) is 18.0 Å². The minimum atomic E-state index is 0.0903. The molecule has 0 bridgehead atoms. The molecule has 2 aliphatic rings. The Hall–Kier alpha value is -0.550. The summed E-state index contributed by atoms with van der Waals surface area (Å²) in [6.45, 7) is 1.19.